The number of hydrogen-bond acceptors (Lipinski definition) is 2. The van der Waals surface area contributed by atoms with Crippen molar-refractivity contribution in [1.82, 2.24) is 5.32 Å². The van der Waals surface area contributed by atoms with Crippen LogP contribution in [0, 0.1) is 0 Å². The molecule has 0 aliphatic rings. The van der Waals surface area contributed by atoms with Gasteiger partial charge in [0.1, 0.15) is 0 Å². The number of hydrogen-bond donors (Lipinski definition) is 1. The summed E-state index contributed by atoms with van der Waals surface area (Å²) in [4.78, 5) is 1.54. The summed E-state index contributed by atoms with van der Waals surface area (Å²) < 4.78 is 0. The lowest BCUT2D eigenvalue weighted by Gasteiger charge is -2.16. The Balaban J connectivity index is 2.67. The monoisotopic (exact) mass is 211 g/mol. The second-order valence-electron chi connectivity index (χ2n) is 3.58. The van der Waals surface area contributed by atoms with Gasteiger partial charge in [0.2, 0.25) is 0 Å². The number of aryl methyl sites for hydroxylation is 1. The highest BCUT2D eigenvalue weighted by Crippen LogP contribution is 2.27. The van der Waals surface area contributed by atoms with E-state index < -0.39 is 0 Å². The third-order valence-electron chi connectivity index (χ3n) is 2.53. The molecule has 1 unspecified atom stereocenters. The zero-order valence-corrected chi connectivity index (χ0v) is 10.3. The van der Waals surface area contributed by atoms with Crippen LogP contribution in [-0.4, -0.2) is 6.54 Å². The van der Waals surface area contributed by atoms with Gasteiger partial charge in [0.05, 0.1) is 0 Å². The van der Waals surface area contributed by atoms with Gasteiger partial charge in [-0.1, -0.05) is 20.8 Å². The molecule has 0 aliphatic carbocycles. The lowest BCUT2D eigenvalue weighted by atomic mass is 10.1. The van der Waals surface area contributed by atoms with Crippen molar-refractivity contribution in [1.29, 1.82) is 0 Å². The van der Waals surface area contributed by atoms with Crippen LogP contribution in [0.1, 0.15) is 50.1 Å². The maximum absolute atomic E-state index is 3.61. The predicted octanol–water partition coefficient (Wildman–Crippen LogP) is 3.76. The fourth-order valence-corrected chi connectivity index (χ4v) is 2.84. The van der Waals surface area contributed by atoms with Crippen molar-refractivity contribution >= 4 is 11.3 Å². The minimum atomic E-state index is 0.574. The van der Waals surface area contributed by atoms with E-state index in [1.54, 1.807) is 4.88 Å². The van der Waals surface area contributed by atoms with Crippen molar-refractivity contribution < 1.29 is 0 Å². The number of nitrogens with one attached hydrogen (secondary N) is 1. The summed E-state index contributed by atoms with van der Waals surface area (Å²) in [5.74, 6) is 0. The molecule has 2 heteroatoms. The van der Waals surface area contributed by atoms with Gasteiger partial charge < -0.3 is 5.32 Å². The van der Waals surface area contributed by atoms with Crippen LogP contribution in [0.2, 0.25) is 0 Å². The van der Waals surface area contributed by atoms with Crippen molar-refractivity contribution in [2.75, 3.05) is 6.54 Å². The quantitative estimate of drug-likeness (QED) is 0.755. The SMILES string of the molecule is CCCNC(CC)c1sccc1CC. The Bertz CT molecular complexity index is 255. The predicted molar refractivity (Wildman–Crippen MR) is 65.0 cm³/mol. The van der Waals surface area contributed by atoms with Crippen LogP contribution >= 0.6 is 11.3 Å². The smallest absolute Gasteiger partial charge is 0.0414 e. The Morgan fingerprint density at radius 3 is 2.71 bits per heavy atom. The summed E-state index contributed by atoms with van der Waals surface area (Å²) >= 11 is 1.89. The molecule has 0 aromatic carbocycles. The molecule has 1 heterocycles. The third-order valence-corrected chi connectivity index (χ3v) is 3.60. The fraction of sp³-hybridized carbons (Fsp3) is 0.667. The van der Waals surface area contributed by atoms with Crippen LogP contribution in [0.4, 0.5) is 0 Å². The van der Waals surface area contributed by atoms with Crippen LogP contribution in [0.3, 0.4) is 0 Å². The highest BCUT2D eigenvalue weighted by molar-refractivity contribution is 7.10. The average Bonchev–Trinajstić information content (AvgIpc) is 2.67. The minimum absolute atomic E-state index is 0.574. The Morgan fingerprint density at radius 1 is 1.36 bits per heavy atom. The van der Waals surface area contributed by atoms with E-state index in [2.05, 4.69) is 37.5 Å². The normalized spacial score (nSPS) is 13.1. The molecule has 1 aromatic rings. The molecular formula is C12H21NS. The van der Waals surface area contributed by atoms with E-state index in [4.69, 9.17) is 0 Å². The van der Waals surface area contributed by atoms with Gasteiger partial charge in [-0.15, -0.1) is 11.3 Å². The number of thiophene rings is 1. The highest BCUT2D eigenvalue weighted by Gasteiger charge is 2.12. The molecule has 0 spiro atoms. The van der Waals surface area contributed by atoms with E-state index >= 15 is 0 Å². The summed E-state index contributed by atoms with van der Waals surface area (Å²) in [7, 11) is 0. The van der Waals surface area contributed by atoms with Crippen LogP contribution < -0.4 is 5.32 Å². The van der Waals surface area contributed by atoms with Crippen LogP contribution in [0.15, 0.2) is 11.4 Å². The summed E-state index contributed by atoms with van der Waals surface area (Å²) in [6.07, 6.45) is 3.56. The molecular weight excluding hydrogens is 190 g/mol. The molecule has 0 bridgehead atoms. The molecule has 1 rings (SSSR count). The van der Waals surface area contributed by atoms with Crippen molar-refractivity contribution in [2.24, 2.45) is 0 Å². The molecule has 80 valence electrons. The van der Waals surface area contributed by atoms with Gasteiger partial charge >= 0.3 is 0 Å². The van der Waals surface area contributed by atoms with Crippen LogP contribution in [-0.2, 0) is 6.42 Å². The van der Waals surface area contributed by atoms with E-state index in [1.807, 2.05) is 11.3 Å². The maximum atomic E-state index is 3.61. The molecule has 1 aromatic heterocycles. The van der Waals surface area contributed by atoms with E-state index in [0.29, 0.717) is 6.04 Å². The Hall–Kier alpha value is -0.340. The first-order valence-electron chi connectivity index (χ1n) is 5.63. The first kappa shape index (κ1) is 11.7. The molecule has 0 saturated carbocycles. The summed E-state index contributed by atoms with van der Waals surface area (Å²) in [6, 6.07) is 2.83. The number of rotatable bonds is 6. The Morgan fingerprint density at radius 2 is 2.14 bits per heavy atom. The van der Waals surface area contributed by atoms with Gasteiger partial charge in [0, 0.05) is 10.9 Å². The van der Waals surface area contributed by atoms with Crippen LogP contribution in [0.25, 0.3) is 0 Å². The van der Waals surface area contributed by atoms with E-state index in [0.717, 1.165) is 13.0 Å². The molecule has 0 aliphatic heterocycles. The largest absolute Gasteiger partial charge is 0.309 e. The van der Waals surface area contributed by atoms with Crippen LogP contribution in [0.5, 0.6) is 0 Å². The molecule has 1 N–H and O–H groups in total. The molecule has 1 nitrogen and oxygen atoms in total. The van der Waals surface area contributed by atoms with E-state index in [-0.39, 0.29) is 0 Å². The Kier molecular flexibility index (Phi) is 5.20. The lowest BCUT2D eigenvalue weighted by Crippen LogP contribution is -2.21. The average molecular weight is 211 g/mol. The topological polar surface area (TPSA) is 12.0 Å². The van der Waals surface area contributed by atoms with Gasteiger partial charge in [0.15, 0.2) is 0 Å². The van der Waals surface area contributed by atoms with Gasteiger partial charge in [-0.2, -0.15) is 0 Å². The second-order valence-corrected chi connectivity index (χ2v) is 4.53. The summed E-state index contributed by atoms with van der Waals surface area (Å²) in [5.41, 5.74) is 1.52. The molecule has 0 saturated heterocycles. The highest BCUT2D eigenvalue weighted by atomic mass is 32.1. The summed E-state index contributed by atoms with van der Waals surface area (Å²) in [6.45, 7) is 7.83. The minimum Gasteiger partial charge on any atom is -0.309 e. The lowest BCUT2D eigenvalue weighted by molar-refractivity contribution is 0.523. The third kappa shape index (κ3) is 2.82. The van der Waals surface area contributed by atoms with Gasteiger partial charge in [0.25, 0.3) is 0 Å². The van der Waals surface area contributed by atoms with Crippen molar-refractivity contribution in [3.05, 3.63) is 21.9 Å². The van der Waals surface area contributed by atoms with Crippen molar-refractivity contribution in [3.63, 3.8) is 0 Å². The zero-order valence-electron chi connectivity index (χ0n) is 9.47. The van der Waals surface area contributed by atoms with E-state index in [1.165, 1.54) is 18.4 Å². The first-order chi connectivity index (χ1) is 6.83. The standard InChI is InChI=1S/C12H21NS/c1-4-8-13-11(6-3)12-10(5-2)7-9-14-12/h7,9,11,13H,4-6,8H2,1-3H3. The Labute approximate surface area is 91.5 Å². The van der Waals surface area contributed by atoms with E-state index in [9.17, 15) is 0 Å². The van der Waals surface area contributed by atoms with Crippen molar-refractivity contribution in [2.45, 2.75) is 46.1 Å². The molecule has 1 atom stereocenters. The second kappa shape index (κ2) is 6.20. The van der Waals surface area contributed by atoms with Gasteiger partial charge in [-0.3, -0.25) is 0 Å². The molecule has 0 fully saturated rings. The fourth-order valence-electron chi connectivity index (χ4n) is 1.69. The molecule has 0 amide bonds. The summed E-state index contributed by atoms with van der Waals surface area (Å²) in [5, 5.41) is 5.82. The first-order valence-corrected chi connectivity index (χ1v) is 6.51. The molecule has 0 radical (unpaired) electrons. The maximum Gasteiger partial charge on any atom is 0.0414 e. The van der Waals surface area contributed by atoms with Gasteiger partial charge in [-0.25, -0.2) is 0 Å². The van der Waals surface area contributed by atoms with Gasteiger partial charge in [-0.05, 0) is 42.8 Å². The molecule has 14 heavy (non-hydrogen) atoms. The zero-order chi connectivity index (χ0) is 10.4. The van der Waals surface area contributed by atoms with Crippen molar-refractivity contribution in [3.8, 4) is 0 Å².